The van der Waals surface area contributed by atoms with Crippen molar-refractivity contribution in [2.45, 2.75) is 33.0 Å². The first kappa shape index (κ1) is 10.4. The molecule has 1 atom stereocenters. The van der Waals surface area contributed by atoms with Gasteiger partial charge in [0.1, 0.15) is 0 Å². The van der Waals surface area contributed by atoms with Crippen LogP contribution in [0.4, 0.5) is 8.78 Å². The minimum atomic E-state index is -2.68. The van der Waals surface area contributed by atoms with Gasteiger partial charge in [0.15, 0.2) is 0 Å². The molecule has 0 amide bonds. The molecule has 0 radical (unpaired) electrons. The lowest BCUT2D eigenvalue weighted by atomic mass is 9.93. The Bertz CT molecular complexity index is 219. The predicted octanol–water partition coefficient (Wildman–Crippen LogP) is 3.14. The molecule has 1 rings (SSSR count). The Morgan fingerprint density at radius 3 is 2.69 bits per heavy atom. The second kappa shape index (κ2) is 4.51. The minimum Gasteiger partial charge on any atom is -0.315 e. The Hall–Kier alpha value is -0.700. The van der Waals surface area contributed by atoms with Crippen LogP contribution in [-0.4, -0.2) is 12.7 Å². The van der Waals surface area contributed by atoms with E-state index in [1.54, 1.807) is 12.2 Å². The van der Waals surface area contributed by atoms with Gasteiger partial charge >= 0.3 is 6.61 Å². The first-order valence-corrected chi connectivity index (χ1v) is 4.40. The Morgan fingerprint density at radius 2 is 2.15 bits per heavy atom. The van der Waals surface area contributed by atoms with E-state index in [4.69, 9.17) is 0 Å². The highest BCUT2D eigenvalue weighted by molar-refractivity contribution is 5.22. The highest BCUT2D eigenvalue weighted by atomic mass is 19.3. The maximum atomic E-state index is 11.9. The van der Waals surface area contributed by atoms with E-state index in [9.17, 15) is 8.78 Å². The van der Waals surface area contributed by atoms with Crippen LogP contribution in [0.2, 0.25) is 0 Å². The molecule has 0 aromatic carbocycles. The largest absolute Gasteiger partial charge is 0.345 e. The molecular weight excluding hydrogens is 174 g/mol. The highest BCUT2D eigenvalue weighted by Gasteiger charge is 2.17. The summed E-state index contributed by atoms with van der Waals surface area (Å²) in [7, 11) is 0. The van der Waals surface area contributed by atoms with Crippen LogP contribution in [0.3, 0.4) is 0 Å². The van der Waals surface area contributed by atoms with Crippen molar-refractivity contribution >= 4 is 0 Å². The van der Waals surface area contributed by atoms with Gasteiger partial charge in [-0.1, -0.05) is 37.6 Å². The monoisotopic (exact) mass is 188 g/mol. The molecular formula is C10H14F2O. The van der Waals surface area contributed by atoms with Crippen molar-refractivity contribution in [2.24, 2.45) is 5.92 Å². The van der Waals surface area contributed by atoms with Gasteiger partial charge in [0, 0.05) is 0 Å². The summed E-state index contributed by atoms with van der Waals surface area (Å²) in [5.74, 6) is 0.397. The Morgan fingerprint density at radius 1 is 1.46 bits per heavy atom. The number of halogens is 2. The summed E-state index contributed by atoms with van der Waals surface area (Å²) in [4.78, 5) is 0. The first-order valence-electron chi connectivity index (χ1n) is 4.40. The van der Waals surface area contributed by atoms with Crippen molar-refractivity contribution in [3.63, 3.8) is 0 Å². The van der Waals surface area contributed by atoms with Crippen molar-refractivity contribution in [3.05, 3.63) is 23.8 Å². The first-order chi connectivity index (χ1) is 6.09. The third-order valence-electron chi connectivity index (χ3n) is 2.09. The molecule has 0 aromatic rings. The van der Waals surface area contributed by atoms with Crippen molar-refractivity contribution in [2.75, 3.05) is 0 Å². The second-order valence-electron chi connectivity index (χ2n) is 3.42. The molecule has 0 fully saturated rings. The normalized spacial score (nSPS) is 22.6. The minimum absolute atomic E-state index is 0.397. The van der Waals surface area contributed by atoms with E-state index < -0.39 is 12.7 Å². The van der Waals surface area contributed by atoms with Crippen LogP contribution in [-0.2, 0) is 4.74 Å². The summed E-state index contributed by atoms with van der Waals surface area (Å²) in [5.41, 5.74) is 1.16. The second-order valence-corrected chi connectivity index (χ2v) is 3.42. The summed E-state index contributed by atoms with van der Waals surface area (Å²) in [5, 5.41) is 0. The quantitative estimate of drug-likeness (QED) is 0.661. The number of ether oxygens (including phenoxy) is 1. The standard InChI is InChI=1S/C10H14F2O/c1-7(2)8-4-3-5-9(6-8)13-10(11)12/h3-5,7,9-10H,6H2,1-2H3. The van der Waals surface area contributed by atoms with Gasteiger partial charge in [-0.25, -0.2) is 0 Å². The zero-order valence-electron chi connectivity index (χ0n) is 7.84. The van der Waals surface area contributed by atoms with Gasteiger partial charge in [-0.2, -0.15) is 8.78 Å². The molecule has 0 spiro atoms. The van der Waals surface area contributed by atoms with Crippen LogP contribution in [0.5, 0.6) is 0 Å². The summed E-state index contributed by atoms with van der Waals surface area (Å²) < 4.78 is 28.2. The van der Waals surface area contributed by atoms with Crippen LogP contribution < -0.4 is 0 Å². The van der Waals surface area contributed by atoms with Crippen molar-refractivity contribution in [1.82, 2.24) is 0 Å². The maximum Gasteiger partial charge on any atom is 0.345 e. The maximum absolute atomic E-state index is 11.9. The average molecular weight is 188 g/mol. The van der Waals surface area contributed by atoms with Gasteiger partial charge in [0.05, 0.1) is 6.10 Å². The van der Waals surface area contributed by atoms with Gasteiger partial charge in [-0.15, -0.1) is 0 Å². The predicted molar refractivity (Wildman–Crippen MR) is 47.6 cm³/mol. The van der Waals surface area contributed by atoms with E-state index in [2.05, 4.69) is 4.74 Å². The highest BCUT2D eigenvalue weighted by Crippen LogP contribution is 2.23. The van der Waals surface area contributed by atoms with E-state index >= 15 is 0 Å². The summed E-state index contributed by atoms with van der Waals surface area (Å²) >= 11 is 0. The molecule has 1 aliphatic rings. The van der Waals surface area contributed by atoms with E-state index in [0.717, 1.165) is 5.57 Å². The van der Waals surface area contributed by atoms with Crippen molar-refractivity contribution in [3.8, 4) is 0 Å². The Balaban J connectivity index is 2.49. The van der Waals surface area contributed by atoms with Crippen molar-refractivity contribution < 1.29 is 13.5 Å². The molecule has 0 saturated heterocycles. The molecule has 1 aliphatic carbocycles. The van der Waals surface area contributed by atoms with Gasteiger partial charge in [-0.05, 0) is 12.3 Å². The SMILES string of the molecule is CC(C)C1=CC=CC(OC(F)F)C1. The van der Waals surface area contributed by atoms with Crippen LogP contribution >= 0.6 is 0 Å². The number of hydrogen-bond acceptors (Lipinski definition) is 1. The molecule has 0 saturated carbocycles. The van der Waals surface area contributed by atoms with E-state index in [0.29, 0.717) is 12.3 Å². The smallest absolute Gasteiger partial charge is 0.315 e. The third-order valence-corrected chi connectivity index (χ3v) is 2.09. The van der Waals surface area contributed by atoms with Gasteiger partial charge < -0.3 is 4.74 Å². The molecule has 0 aromatic heterocycles. The van der Waals surface area contributed by atoms with Crippen LogP contribution in [0.1, 0.15) is 20.3 Å². The Labute approximate surface area is 77.1 Å². The van der Waals surface area contributed by atoms with Gasteiger partial charge in [0.25, 0.3) is 0 Å². The van der Waals surface area contributed by atoms with Gasteiger partial charge in [0.2, 0.25) is 0 Å². The fourth-order valence-electron chi connectivity index (χ4n) is 1.33. The fourth-order valence-corrected chi connectivity index (χ4v) is 1.33. The third kappa shape index (κ3) is 3.27. The molecule has 0 N–H and O–H groups in total. The lowest BCUT2D eigenvalue weighted by Crippen LogP contribution is -2.17. The zero-order chi connectivity index (χ0) is 9.84. The molecule has 13 heavy (non-hydrogen) atoms. The molecule has 1 nitrogen and oxygen atoms in total. The van der Waals surface area contributed by atoms with E-state index in [-0.39, 0.29) is 0 Å². The van der Waals surface area contributed by atoms with Crippen molar-refractivity contribution in [1.29, 1.82) is 0 Å². The lowest BCUT2D eigenvalue weighted by molar-refractivity contribution is -0.149. The van der Waals surface area contributed by atoms with Crippen LogP contribution in [0.25, 0.3) is 0 Å². The summed E-state index contributed by atoms with van der Waals surface area (Å²) in [6.45, 7) is 1.41. The molecule has 0 bridgehead atoms. The Kier molecular flexibility index (Phi) is 3.60. The molecule has 0 heterocycles. The average Bonchev–Trinajstić information content (AvgIpc) is 2.03. The number of rotatable bonds is 3. The topological polar surface area (TPSA) is 9.23 Å². The molecule has 3 heteroatoms. The van der Waals surface area contributed by atoms with E-state index in [1.165, 1.54) is 0 Å². The molecule has 74 valence electrons. The number of allylic oxidation sites excluding steroid dienone is 2. The molecule has 0 aliphatic heterocycles. The van der Waals surface area contributed by atoms with Crippen LogP contribution in [0.15, 0.2) is 23.8 Å². The fraction of sp³-hybridized carbons (Fsp3) is 0.600. The molecule has 1 unspecified atom stereocenters. The summed E-state index contributed by atoms with van der Waals surface area (Å²) in [6, 6.07) is 0. The van der Waals surface area contributed by atoms with E-state index in [1.807, 2.05) is 19.9 Å². The summed E-state index contributed by atoms with van der Waals surface area (Å²) in [6.07, 6.45) is 5.54. The number of hydrogen-bond donors (Lipinski definition) is 0. The van der Waals surface area contributed by atoms with Crippen LogP contribution in [0, 0.1) is 5.92 Å². The van der Waals surface area contributed by atoms with Gasteiger partial charge in [-0.3, -0.25) is 0 Å². The zero-order valence-corrected chi connectivity index (χ0v) is 7.84. The lowest BCUT2D eigenvalue weighted by Gasteiger charge is -2.20. The number of alkyl halides is 2.